The molecule has 2 aliphatic rings. The molecule has 1 radical (unpaired) electrons. The molecule has 0 saturated carbocycles. The van der Waals surface area contributed by atoms with E-state index in [4.69, 9.17) is 4.42 Å². The summed E-state index contributed by atoms with van der Waals surface area (Å²) in [5.74, 6) is 2.01. The van der Waals surface area contributed by atoms with E-state index in [1.165, 1.54) is 11.1 Å². The van der Waals surface area contributed by atoms with E-state index in [0.29, 0.717) is 18.1 Å². The summed E-state index contributed by atoms with van der Waals surface area (Å²) < 4.78 is 5.49. The van der Waals surface area contributed by atoms with Crippen molar-refractivity contribution in [3.63, 3.8) is 0 Å². The molecule has 1 aromatic carbocycles. The molecule has 0 spiro atoms. The van der Waals surface area contributed by atoms with Gasteiger partial charge in [0.2, 0.25) is 0 Å². The van der Waals surface area contributed by atoms with Crippen molar-refractivity contribution < 1.29 is 53.3 Å². The van der Waals surface area contributed by atoms with Gasteiger partial charge in [0.05, 0.1) is 12.8 Å². The van der Waals surface area contributed by atoms with Crippen molar-refractivity contribution >= 4 is 18.2 Å². The van der Waals surface area contributed by atoms with E-state index in [-0.39, 0.29) is 56.5 Å². The van der Waals surface area contributed by atoms with E-state index >= 15 is 0 Å². The maximum Gasteiger partial charge on any atom is 0.162 e. The van der Waals surface area contributed by atoms with Gasteiger partial charge in [0.25, 0.3) is 0 Å². The van der Waals surface area contributed by atoms with E-state index in [2.05, 4.69) is 22.3 Å². The predicted octanol–water partition coefficient (Wildman–Crippen LogP) is 5.05. The third kappa shape index (κ3) is 7.18. The van der Waals surface area contributed by atoms with Gasteiger partial charge in [0.1, 0.15) is 5.76 Å². The third-order valence-corrected chi connectivity index (χ3v) is 6.05. The van der Waals surface area contributed by atoms with Gasteiger partial charge in [0, 0.05) is 69.1 Å². The fourth-order valence-electron chi connectivity index (χ4n) is 4.30. The zero-order chi connectivity index (χ0) is 18.5. The predicted molar refractivity (Wildman–Crippen MR) is 114 cm³/mol. The van der Waals surface area contributed by atoms with E-state index in [1.807, 2.05) is 18.2 Å². The fourth-order valence-corrected chi connectivity index (χ4v) is 4.30. The Bertz CT molecular complexity index is 760. The van der Waals surface area contributed by atoms with Gasteiger partial charge in [-0.2, -0.15) is 0 Å². The summed E-state index contributed by atoms with van der Waals surface area (Å²) in [5.41, 5.74) is 3.63. The van der Waals surface area contributed by atoms with Crippen LogP contribution in [0.3, 0.4) is 0 Å². The Morgan fingerprint density at radius 2 is 1.86 bits per heavy atom. The van der Waals surface area contributed by atoms with Crippen LogP contribution in [0.2, 0.25) is 0 Å². The van der Waals surface area contributed by atoms with E-state index < -0.39 is 0 Å². The molecule has 4 rings (SSSR count). The summed E-state index contributed by atoms with van der Waals surface area (Å²) in [7, 11) is 0. The SMILES string of the molecule is Cl.O=C(CCC1CC[N-]CC1)c1ccc2c(c1)CCN(Cc1ccco1)CC2.[Ac]. The smallest absolute Gasteiger partial charge is 0.162 e. The van der Waals surface area contributed by atoms with Crippen LogP contribution < -0.4 is 0 Å². The van der Waals surface area contributed by atoms with Gasteiger partial charge in [-0.1, -0.05) is 25.0 Å². The molecule has 0 amide bonds. The van der Waals surface area contributed by atoms with E-state index in [9.17, 15) is 4.79 Å². The van der Waals surface area contributed by atoms with E-state index in [1.54, 1.807) is 6.26 Å². The molecule has 1 fully saturated rings. The van der Waals surface area contributed by atoms with Crippen LogP contribution in [0.1, 0.15) is 52.9 Å². The molecule has 4 nitrogen and oxygen atoms in total. The summed E-state index contributed by atoms with van der Waals surface area (Å²) in [5, 5.41) is 4.40. The fraction of sp³-hybridized carbons (Fsp3) is 0.522. The normalized spacial score (nSPS) is 17.5. The van der Waals surface area contributed by atoms with Gasteiger partial charge in [-0.25, -0.2) is 0 Å². The number of hydrogen-bond acceptors (Lipinski definition) is 3. The number of nitrogens with zero attached hydrogens (tertiary/aromatic N) is 2. The average molecular weight is 629 g/mol. The maximum absolute atomic E-state index is 12.7. The molecule has 155 valence electrons. The molecular formula is C23H30AcClN2O2-. The van der Waals surface area contributed by atoms with Crippen molar-refractivity contribution in [3.05, 3.63) is 64.4 Å². The Morgan fingerprint density at radius 3 is 2.59 bits per heavy atom. The Hall–Kier alpha value is -0.178. The van der Waals surface area contributed by atoms with Crippen LogP contribution in [-0.2, 0) is 19.4 Å². The molecule has 0 unspecified atom stereocenters. The summed E-state index contributed by atoms with van der Waals surface area (Å²) in [6.45, 7) is 4.86. The molecular weight excluding hydrogens is 599 g/mol. The number of carbonyl (C=O) groups is 1. The number of furan rings is 1. The van der Waals surface area contributed by atoms with Crippen LogP contribution >= 0.6 is 12.4 Å². The molecule has 0 atom stereocenters. The molecule has 0 bridgehead atoms. The molecule has 29 heavy (non-hydrogen) atoms. The molecule has 1 aromatic heterocycles. The average Bonchev–Trinajstić information content (AvgIpc) is 3.14. The number of piperidine rings is 1. The Kier molecular flexibility index (Phi) is 10.9. The summed E-state index contributed by atoms with van der Waals surface area (Å²) in [4.78, 5) is 15.1. The first-order chi connectivity index (χ1) is 13.3. The second-order valence-corrected chi connectivity index (χ2v) is 7.92. The number of carbonyl (C=O) groups excluding carboxylic acids is 1. The number of halogens is 1. The van der Waals surface area contributed by atoms with Gasteiger partial charge in [-0.05, 0) is 54.5 Å². The molecule has 3 heterocycles. The summed E-state index contributed by atoms with van der Waals surface area (Å²) in [6, 6.07) is 10.4. The number of benzene rings is 1. The van der Waals surface area contributed by atoms with Crippen LogP contribution in [0.4, 0.5) is 0 Å². The van der Waals surface area contributed by atoms with Crippen LogP contribution in [0.25, 0.3) is 5.32 Å². The van der Waals surface area contributed by atoms with Gasteiger partial charge in [0.15, 0.2) is 5.78 Å². The second-order valence-electron chi connectivity index (χ2n) is 7.92. The molecule has 2 aliphatic heterocycles. The minimum atomic E-state index is 0. The minimum Gasteiger partial charge on any atom is -0.662 e. The monoisotopic (exact) mass is 628 g/mol. The Balaban J connectivity index is 0.00000150. The van der Waals surface area contributed by atoms with Crippen molar-refractivity contribution in [2.75, 3.05) is 26.2 Å². The number of ketones is 1. The quantitative estimate of drug-likeness (QED) is 0.421. The summed E-state index contributed by atoms with van der Waals surface area (Å²) >= 11 is 0. The first kappa shape index (κ1) is 25.1. The number of rotatable bonds is 6. The number of Topliss-reactive ketones (excluding diaryl/α,β-unsaturated/α-hetero) is 1. The second kappa shape index (κ2) is 12.6. The summed E-state index contributed by atoms with van der Waals surface area (Å²) in [6.07, 6.45) is 7.78. The zero-order valence-electron chi connectivity index (χ0n) is 17.0. The molecule has 2 aromatic rings. The largest absolute Gasteiger partial charge is 0.662 e. The minimum absolute atomic E-state index is 0. The van der Waals surface area contributed by atoms with Crippen molar-refractivity contribution in [2.45, 2.75) is 45.1 Å². The van der Waals surface area contributed by atoms with Crippen molar-refractivity contribution in [1.29, 1.82) is 0 Å². The number of hydrogen-bond donors (Lipinski definition) is 0. The van der Waals surface area contributed by atoms with Crippen LogP contribution in [0, 0.1) is 50.0 Å². The van der Waals surface area contributed by atoms with Crippen molar-refractivity contribution in [1.82, 2.24) is 4.90 Å². The van der Waals surface area contributed by atoms with Crippen molar-refractivity contribution in [3.8, 4) is 0 Å². The molecule has 0 aliphatic carbocycles. The molecule has 1 saturated heterocycles. The topological polar surface area (TPSA) is 47.6 Å². The Labute approximate surface area is 216 Å². The maximum atomic E-state index is 12.7. The van der Waals surface area contributed by atoms with Crippen LogP contribution in [0.5, 0.6) is 0 Å². The van der Waals surface area contributed by atoms with Gasteiger partial charge >= 0.3 is 0 Å². The molecule has 0 N–H and O–H groups in total. The van der Waals surface area contributed by atoms with E-state index in [0.717, 1.165) is 76.2 Å². The standard InChI is InChI=1S/C23H29N2O2.Ac.ClH/c26-23(6-3-18-7-11-24-12-8-18)21-5-4-19-9-13-25(14-10-20(19)16-21)17-22-2-1-15-27-22;;/h1-2,4-5,15-16,18H,3,6-14,17H2;;1H/q-1;;. The third-order valence-electron chi connectivity index (χ3n) is 6.05. The van der Waals surface area contributed by atoms with Gasteiger partial charge in [-0.15, -0.1) is 25.5 Å². The first-order valence-corrected chi connectivity index (χ1v) is 10.3. The first-order valence-electron chi connectivity index (χ1n) is 10.3. The van der Waals surface area contributed by atoms with Gasteiger partial charge in [-0.3, -0.25) is 9.69 Å². The number of fused-ring (bicyclic) bond motifs is 1. The van der Waals surface area contributed by atoms with Crippen molar-refractivity contribution in [2.24, 2.45) is 5.92 Å². The van der Waals surface area contributed by atoms with Gasteiger partial charge < -0.3 is 9.73 Å². The molecule has 6 heteroatoms. The zero-order valence-corrected chi connectivity index (χ0v) is 22.6. The van der Waals surface area contributed by atoms with Crippen LogP contribution in [0.15, 0.2) is 41.0 Å². The Morgan fingerprint density at radius 1 is 1.10 bits per heavy atom. The van der Waals surface area contributed by atoms with Crippen LogP contribution in [-0.4, -0.2) is 36.9 Å².